The molecule has 0 amide bonds. The largest absolute Gasteiger partial charge is 0.435 e. The number of halogens is 4. The summed E-state index contributed by atoms with van der Waals surface area (Å²) in [6.45, 7) is 0. The van der Waals surface area contributed by atoms with Crippen molar-refractivity contribution < 1.29 is 13.2 Å². The predicted octanol–water partition coefficient (Wildman–Crippen LogP) is 3.04. The van der Waals surface area contributed by atoms with Gasteiger partial charge in [0.2, 0.25) is 0 Å². The number of rotatable bonds is 1. The maximum absolute atomic E-state index is 12.8. The molecule has 3 nitrogen and oxygen atoms in total. The molecule has 1 aliphatic rings. The van der Waals surface area contributed by atoms with Crippen molar-refractivity contribution in [3.63, 3.8) is 0 Å². The van der Waals surface area contributed by atoms with Crippen LogP contribution in [0.2, 0.25) is 5.15 Å². The Bertz CT molecular complexity index is 494. The van der Waals surface area contributed by atoms with Gasteiger partial charge in [0, 0.05) is 12.6 Å². The highest BCUT2D eigenvalue weighted by molar-refractivity contribution is 6.30. The zero-order valence-electron chi connectivity index (χ0n) is 8.97. The van der Waals surface area contributed by atoms with E-state index in [1.165, 1.54) is 7.05 Å². The minimum Gasteiger partial charge on any atom is -0.256 e. The molecule has 1 aliphatic carbocycles. The van der Waals surface area contributed by atoms with Crippen LogP contribution in [0.1, 0.15) is 30.5 Å². The first-order valence-corrected chi connectivity index (χ1v) is 5.41. The first-order chi connectivity index (χ1) is 7.82. The standard InChI is InChI=1S/C10H9ClF3N3/c1-17-8(11)6(7(16-17)10(12,13)14)9(5-15)3-2-4-9/h2-4H2,1H3. The van der Waals surface area contributed by atoms with Crippen LogP contribution >= 0.6 is 11.6 Å². The van der Waals surface area contributed by atoms with E-state index in [0.29, 0.717) is 12.8 Å². The molecule has 17 heavy (non-hydrogen) atoms. The molecule has 1 aromatic rings. The second-order valence-corrected chi connectivity index (χ2v) is 4.54. The van der Waals surface area contributed by atoms with E-state index in [9.17, 15) is 13.2 Å². The van der Waals surface area contributed by atoms with Gasteiger partial charge < -0.3 is 0 Å². The van der Waals surface area contributed by atoms with E-state index in [0.717, 1.165) is 11.1 Å². The van der Waals surface area contributed by atoms with Gasteiger partial charge in [-0.1, -0.05) is 11.6 Å². The van der Waals surface area contributed by atoms with Crippen LogP contribution in [0.4, 0.5) is 13.2 Å². The fraction of sp³-hybridized carbons (Fsp3) is 0.600. The van der Waals surface area contributed by atoms with Crippen molar-refractivity contribution in [3.05, 3.63) is 16.4 Å². The van der Waals surface area contributed by atoms with E-state index >= 15 is 0 Å². The molecule has 0 bridgehead atoms. The van der Waals surface area contributed by atoms with Crippen molar-refractivity contribution in [1.29, 1.82) is 5.26 Å². The molecule has 0 aromatic carbocycles. The zero-order valence-corrected chi connectivity index (χ0v) is 9.73. The highest BCUT2D eigenvalue weighted by Gasteiger charge is 2.50. The van der Waals surface area contributed by atoms with E-state index in [2.05, 4.69) is 5.10 Å². The van der Waals surface area contributed by atoms with Crippen LogP contribution in [0.15, 0.2) is 0 Å². The van der Waals surface area contributed by atoms with Crippen LogP contribution in [0.5, 0.6) is 0 Å². The fourth-order valence-corrected chi connectivity index (χ4v) is 2.38. The van der Waals surface area contributed by atoms with E-state index in [4.69, 9.17) is 16.9 Å². The molecule has 2 rings (SSSR count). The molecule has 0 atom stereocenters. The summed E-state index contributed by atoms with van der Waals surface area (Å²) in [5.74, 6) is 0. The average molecular weight is 264 g/mol. The molecule has 1 heterocycles. The van der Waals surface area contributed by atoms with Crippen LogP contribution in [0.25, 0.3) is 0 Å². The van der Waals surface area contributed by atoms with Crippen LogP contribution in [-0.2, 0) is 18.6 Å². The van der Waals surface area contributed by atoms with Gasteiger partial charge in [-0.05, 0) is 19.3 Å². The minimum atomic E-state index is -4.58. The lowest BCUT2D eigenvalue weighted by Gasteiger charge is -2.35. The van der Waals surface area contributed by atoms with Gasteiger partial charge in [0.1, 0.15) is 5.15 Å². The van der Waals surface area contributed by atoms with Crippen molar-refractivity contribution in [2.75, 3.05) is 0 Å². The summed E-state index contributed by atoms with van der Waals surface area (Å²) in [6.07, 6.45) is -3.05. The lowest BCUT2D eigenvalue weighted by Crippen LogP contribution is -2.34. The van der Waals surface area contributed by atoms with Crippen LogP contribution in [-0.4, -0.2) is 9.78 Å². The molecule has 0 radical (unpaired) electrons. The molecule has 0 unspecified atom stereocenters. The number of nitriles is 1. The monoisotopic (exact) mass is 263 g/mol. The fourth-order valence-electron chi connectivity index (χ4n) is 2.07. The Hall–Kier alpha value is -1.22. The summed E-state index contributed by atoms with van der Waals surface area (Å²) in [5.41, 5.74) is -2.31. The Morgan fingerprint density at radius 2 is 2.06 bits per heavy atom. The van der Waals surface area contributed by atoms with Gasteiger partial charge in [0.15, 0.2) is 5.69 Å². The summed E-state index contributed by atoms with van der Waals surface area (Å²) < 4.78 is 39.4. The Kier molecular flexibility index (Phi) is 2.62. The quantitative estimate of drug-likeness (QED) is 0.781. The molecule has 0 aliphatic heterocycles. The SMILES string of the molecule is Cn1nc(C(F)(F)F)c(C2(C#N)CCC2)c1Cl. The molecular weight excluding hydrogens is 255 g/mol. The van der Waals surface area contributed by atoms with Crippen LogP contribution in [0, 0.1) is 11.3 Å². The van der Waals surface area contributed by atoms with Gasteiger partial charge in [-0.25, -0.2) is 0 Å². The maximum Gasteiger partial charge on any atom is 0.435 e. The van der Waals surface area contributed by atoms with Gasteiger partial charge in [-0.2, -0.15) is 23.5 Å². The maximum atomic E-state index is 12.8. The molecule has 1 aromatic heterocycles. The predicted molar refractivity (Wildman–Crippen MR) is 54.4 cm³/mol. The Morgan fingerprint density at radius 1 is 1.47 bits per heavy atom. The summed E-state index contributed by atoms with van der Waals surface area (Å²) in [4.78, 5) is 0. The third-order valence-corrected chi connectivity index (χ3v) is 3.58. The molecule has 0 spiro atoms. The molecule has 7 heteroatoms. The van der Waals surface area contributed by atoms with E-state index < -0.39 is 17.3 Å². The Labute approximate surface area is 101 Å². The normalized spacial score (nSPS) is 18.6. The van der Waals surface area contributed by atoms with Crippen LogP contribution < -0.4 is 0 Å². The summed E-state index contributed by atoms with van der Waals surface area (Å²) in [7, 11) is 1.34. The van der Waals surface area contributed by atoms with Crippen molar-refractivity contribution >= 4 is 11.6 Å². The molecule has 0 N–H and O–H groups in total. The minimum absolute atomic E-state index is 0.0985. The Morgan fingerprint density at radius 3 is 2.41 bits per heavy atom. The van der Waals surface area contributed by atoms with Crippen molar-refractivity contribution in [2.24, 2.45) is 7.05 Å². The van der Waals surface area contributed by atoms with Crippen molar-refractivity contribution in [2.45, 2.75) is 30.9 Å². The second-order valence-electron chi connectivity index (χ2n) is 4.18. The van der Waals surface area contributed by atoms with Gasteiger partial charge >= 0.3 is 6.18 Å². The van der Waals surface area contributed by atoms with Crippen LogP contribution in [0.3, 0.4) is 0 Å². The number of aromatic nitrogens is 2. The van der Waals surface area contributed by atoms with Crippen molar-refractivity contribution in [3.8, 4) is 6.07 Å². The lowest BCUT2D eigenvalue weighted by atomic mass is 9.65. The number of hydrogen-bond donors (Lipinski definition) is 0. The smallest absolute Gasteiger partial charge is 0.256 e. The molecule has 1 fully saturated rings. The number of hydrogen-bond acceptors (Lipinski definition) is 2. The third-order valence-electron chi connectivity index (χ3n) is 3.15. The lowest BCUT2D eigenvalue weighted by molar-refractivity contribution is -0.142. The van der Waals surface area contributed by atoms with E-state index in [1.54, 1.807) is 0 Å². The summed E-state index contributed by atoms with van der Waals surface area (Å²) in [5, 5.41) is 12.4. The number of alkyl halides is 3. The average Bonchev–Trinajstić information content (AvgIpc) is 2.45. The summed E-state index contributed by atoms with van der Waals surface area (Å²) >= 11 is 5.85. The second kappa shape index (κ2) is 3.64. The summed E-state index contributed by atoms with van der Waals surface area (Å²) in [6, 6.07) is 1.96. The first-order valence-electron chi connectivity index (χ1n) is 5.03. The topological polar surface area (TPSA) is 41.6 Å². The van der Waals surface area contributed by atoms with Gasteiger partial charge in [-0.15, -0.1) is 0 Å². The highest BCUT2D eigenvalue weighted by Crippen LogP contribution is 2.49. The van der Waals surface area contributed by atoms with E-state index in [1.807, 2.05) is 6.07 Å². The number of aryl methyl sites for hydroxylation is 1. The molecule has 0 saturated heterocycles. The van der Waals surface area contributed by atoms with Gasteiger partial charge in [0.25, 0.3) is 0 Å². The number of nitrogens with zero attached hydrogens (tertiary/aromatic N) is 3. The first kappa shape index (κ1) is 12.2. The third kappa shape index (κ3) is 1.69. The van der Waals surface area contributed by atoms with Gasteiger partial charge in [-0.3, -0.25) is 4.68 Å². The van der Waals surface area contributed by atoms with Gasteiger partial charge in [0.05, 0.1) is 11.5 Å². The van der Waals surface area contributed by atoms with E-state index in [-0.39, 0.29) is 10.7 Å². The molecule has 92 valence electrons. The Balaban J connectivity index is 2.64. The molecule has 1 saturated carbocycles. The highest BCUT2D eigenvalue weighted by atomic mass is 35.5. The molecular formula is C10H9ClF3N3. The zero-order chi connectivity index (χ0) is 12.8. The van der Waals surface area contributed by atoms with Crippen molar-refractivity contribution in [1.82, 2.24) is 9.78 Å².